The van der Waals surface area contributed by atoms with Gasteiger partial charge in [-0.25, -0.2) is 4.98 Å². The predicted octanol–water partition coefficient (Wildman–Crippen LogP) is 4.48. The first-order valence-electron chi connectivity index (χ1n) is 9.20. The highest BCUT2D eigenvalue weighted by Crippen LogP contribution is 2.28. The van der Waals surface area contributed by atoms with E-state index in [1.165, 1.54) is 6.07 Å². The quantitative estimate of drug-likeness (QED) is 0.512. The summed E-state index contributed by atoms with van der Waals surface area (Å²) in [5, 5.41) is 21.5. The van der Waals surface area contributed by atoms with Crippen molar-refractivity contribution >= 4 is 22.7 Å². The van der Waals surface area contributed by atoms with E-state index in [0.717, 1.165) is 5.56 Å². The van der Waals surface area contributed by atoms with E-state index in [9.17, 15) is 9.90 Å². The molecular formula is C23H17N3O4. The Morgan fingerprint density at radius 3 is 2.67 bits per heavy atom. The lowest BCUT2D eigenvalue weighted by Crippen LogP contribution is -2.30. The van der Waals surface area contributed by atoms with E-state index in [4.69, 9.17) is 14.4 Å². The monoisotopic (exact) mass is 399 g/mol. The zero-order valence-corrected chi connectivity index (χ0v) is 16.0. The third-order valence-corrected chi connectivity index (χ3v) is 4.45. The van der Waals surface area contributed by atoms with Gasteiger partial charge < -0.3 is 19.6 Å². The zero-order valence-electron chi connectivity index (χ0n) is 16.0. The van der Waals surface area contributed by atoms with Gasteiger partial charge in [-0.2, -0.15) is 5.26 Å². The Bertz CT molecular complexity index is 1260. The van der Waals surface area contributed by atoms with Gasteiger partial charge in [0.25, 0.3) is 5.91 Å². The van der Waals surface area contributed by atoms with Crippen LogP contribution in [0.25, 0.3) is 22.6 Å². The van der Waals surface area contributed by atoms with Crippen LogP contribution < -0.4 is 10.1 Å². The first kappa shape index (κ1) is 19.0. The predicted molar refractivity (Wildman–Crippen MR) is 111 cm³/mol. The minimum Gasteiger partial charge on any atom is -0.504 e. The van der Waals surface area contributed by atoms with Gasteiger partial charge in [-0.3, -0.25) is 4.79 Å². The number of anilines is 1. The first-order valence-corrected chi connectivity index (χ1v) is 9.20. The number of nitrogens with zero attached hydrogens (tertiary/aromatic N) is 2. The fraction of sp³-hybridized carbons (Fsp3) is 0.0870. The molecule has 4 rings (SSSR count). The van der Waals surface area contributed by atoms with Crippen molar-refractivity contribution in [1.82, 2.24) is 4.98 Å². The standard InChI is InChI=1S/C23H17N3O4/c1-14(29-21-5-3-2-4-19(21)27)22(28)25-17-10-11-20-18(12-17)26-23(30-20)16-8-6-15(13-24)7-9-16/h2-12,14,27H,1H3,(H,25,28)/t14-/m0/s1. The molecule has 4 aromatic rings. The van der Waals surface area contributed by atoms with Crippen LogP contribution in [-0.4, -0.2) is 22.1 Å². The molecule has 0 fully saturated rings. The molecule has 0 radical (unpaired) electrons. The van der Waals surface area contributed by atoms with Gasteiger partial charge in [-0.05, 0) is 61.5 Å². The van der Waals surface area contributed by atoms with Crippen LogP contribution in [0.15, 0.2) is 71.1 Å². The lowest BCUT2D eigenvalue weighted by Gasteiger charge is -2.15. The number of benzene rings is 3. The summed E-state index contributed by atoms with van der Waals surface area (Å²) in [5.74, 6) is 0.262. The Morgan fingerprint density at radius 1 is 1.17 bits per heavy atom. The highest BCUT2D eigenvalue weighted by atomic mass is 16.5. The van der Waals surface area contributed by atoms with E-state index in [2.05, 4.69) is 16.4 Å². The number of nitriles is 1. The fourth-order valence-electron chi connectivity index (χ4n) is 2.86. The van der Waals surface area contributed by atoms with E-state index in [0.29, 0.717) is 28.2 Å². The first-order chi connectivity index (χ1) is 14.5. The second kappa shape index (κ2) is 7.97. The van der Waals surface area contributed by atoms with Crippen LogP contribution >= 0.6 is 0 Å². The maximum Gasteiger partial charge on any atom is 0.265 e. The second-order valence-corrected chi connectivity index (χ2v) is 6.61. The third-order valence-electron chi connectivity index (χ3n) is 4.45. The van der Waals surface area contributed by atoms with Crippen molar-refractivity contribution < 1.29 is 19.1 Å². The minimum absolute atomic E-state index is 0.0310. The van der Waals surface area contributed by atoms with Crippen molar-refractivity contribution in [3.8, 4) is 29.0 Å². The van der Waals surface area contributed by atoms with Crippen LogP contribution in [0.3, 0.4) is 0 Å². The van der Waals surface area contributed by atoms with Crippen LogP contribution in [0.5, 0.6) is 11.5 Å². The molecule has 0 bridgehead atoms. The number of carbonyl (C=O) groups is 1. The number of hydrogen-bond donors (Lipinski definition) is 2. The number of ether oxygens (including phenoxy) is 1. The van der Waals surface area contributed by atoms with Crippen LogP contribution in [0.1, 0.15) is 12.5 Å². The van der Waals surface area contributed by atoms with Gasteiger partial charge in [0.1, 0.15) is 5.52 Å². The summed E-state index contributed by atoms with van der Waals surface area (Å²) in [5.41, 5.74) is 3.01. The van der Waals surface area contributed by atoms with E-state index in [1.807, 2.05) is 0 Å². The Morgan fingerprint density at radius 2 is 1.93 bits per heavy atom. The number of phenols is 1. The van der Waals surface area contributed by atoms with Crippen LogP contribution in [0.4, 0.5) is 5.69 Å². The molecule has 148 valence electrons. The summed E-state index contributed by atoms with van der Waals surface area (Å²) in [6, 6.07) is 20.6. The maximum absolute atomic E-state index is 12.5. The number of carbonyl (C=O) groups excluding carboxylic acids is 1. The molecule has 0 spiro atoms. The van der Waals surface area contributed by atoms with Gasteiger partial charge in [0, 0.05) is 11.3 Å². The van der Waals surface area contributed by atoms with Gasteiger partial charge in [-0.15, -0.1) is 0 Å². The third kappa shape index (κ3) is 3.93. The van der Waals surface area contributed by atoms with Crippen molar-refractivity contribution in [2.75, 3.05) is 5.32 Å². The molecule has 0 saturated carbocycles. The lowest BCUT2D eigenvalue weighted by molar-refractivity contribution is -0.122. The number of para-hydroxylation sites is 2. The fourth-order valence-corrected chi connectivity index (χ4v) is 2.86. The van der Waals surface area contributed by atoms with Crippen molar-refractivity contribution in [1.29, 1.82) is 5.26 Å². The van der Waals surface area contributed by atoms with Gasteiger partial charge in [-0.1, -0.05) is 12.1 Å². The normalized spacial score (nSPS) is 11.6. The van der Waals surface area contributed by atoms with Crippen molar-refractivity contribution in [3.05, 3.63) is 72.3 Å². The zero-order chi connectivity index (χ0) is 21.1. The number of oxazole rings is 1. The highest BCUT2D eigenvalue weighted by molar-refractivity contribution is 5.95. The molecule has 7 nitrogen and oxygen atoms in total. The highest BCUT2D eigenvalue weighted by Gasteiger charge is 2.17. The maximum atomic E-state index is 12.5. The lowest BCUT2D eigenvalue weighted by atomic mass is 10.1. The summed E-state index contributed by atoms with van der Waals surface area (Å²) in [6.45, 7) is 1.60. The van der Waals surface area contributed by atoms with Gasteiger partial charge >= 0.3 is 0 Å². The van der Waals surface area contributed by atoms with Gasteiger partial charge in [0.15, 0.2) is 23.2 Å². The van der Waals surface area contributed by atoms with E-state index in [-0.39, 0.29) is 17.4 Å². The van der Waals surface area contributed by atoms with E-state index in [1.54, 1.807) is 67.6 Å². The number of aromatic nitrogens is 1. The Labute approximate surface area is 172 Å². The molecule has 30 heavy (non-hydrogen) atoms. The smallest absolute Gasteiger partial charge is 0.265 e. The largest absolute Gasteiger partial charge is 0.504 e. The molecule has 0 aliphatic carbocycles. The summed E-state index contributed by atoms with van der Waals surface area (Å²) in [4.78, 5) is 16.9. The Kier molecular flexibility index (Phi) is 5.06. The summed E-state index contributed by atoms with van der Waals surface area (Å²) >= 11 is 0. The SMILES string of the molecule is C[C@H](Oc1ccccc1O)C(=O)Nc1ccc2oc(-c3ccc(C#N)cc3)nc2c1. The molecule has 3 aromatic carbocycles. The van der Waals surface area contributed by atoms with E-state index < -0.39 is 6.10 Å². The molecule has 1 atom stereocenters. The molecule has 0 aliphatic heterocycles. The summed E-state index contributed by atoms with van der Waals surface area (Å²) in [6.07, 6.45) is -0.819. The molecule has 7 heteroatoms. The van der Waals surface area contributed by atoms with Gasteiger partial charge in [0.05, 0.1) is 11.6 Å². The van der Waals surface area contributed by atoms with Crippen molar-refractivity contribution in [2.45, 2.75) is 13.0 Å². The van der Waals surface area contributed by atoms with Crippen LogP contribution in [-0.2, 0) is 4.79 Å². The number of amides is 1. The summed E-state index contributed by atoms with van der Waals surface area (Å²) < 4.78 is 11.3. The second-order valence-electron chi connectivity index (χ2n) is 6.61. The average molecular weight is 399 g/mol. The molecule has 0 aliphatic rings. The number of phenolic OH excluding ortho intramolecular Hbond substituents is 1. The van der Waals surface area contributed by atoms with Crippen LogP contribution in [0.2, 0.25) is 0 Å². The molecule has 1 amide bonds. The number of hydrogen-bond acceptors (Lipinski definition) is 6. The molecular weight excluding hydrogens is 382 g/mol. The molecule has 0 unspecified atom stereocenters. The topological polar surface area (TPSA) is 108 Å². The minimum atomic E-state index is -0.819. The van der Waals surface area contributed by atoms with Crippen molar-refractivity contribution in [3.63, 3.8) is 0 Å². The number of nitrogens with one attached hydrogen (secondary N) is 1. The molecule has 1 aromatic heterocycles. The number of fused-ring (bicyclic) bond motifs is 1. The van der Waals surface area contributed by atoms with Crippen molar-refractivity contribution in [2.24, 2.45) is 0 Å². The Hall–Kier alpha value is -4.31. The van der Waals surface area contributed by atoms with Crippen LogP contribution in [0, 0.1) is 11.3 Å². The molecule has 2 N–H and O–H groups in total. The number of aromatic hydroxyl groups is 1. The average Bonchev–Trinajstić information content (AvgIpc) is 3.18. The van der Waals surface area contributed by atoms with Gasteiger partial charge in [0.2, 0.25) is 5.89 Å². The molecule has 0 saturated heterocycles. The summed E-state index contributed by atoms with van der Waals surface area (Å²) in [7, 11) is 0. The molecule has 1 heterocycles. The Balaban J connectivity index is 1.50. The number of rotatable bonds is 5. The van der Waals surface area contributed by atoms with E-state index >= 15 is 0 Å².